The average molecular weight is 588 g/mol. The van der Waals surface area contributed by atoms with Crippen LogP contribution in [0.1, 0.15) is 23.7 Å². The van der Waals surface area contributed by atoms with E-state index in [2.05, 4.69) is 0 Å². The van der Waals surface area contributed by atoms with Crippen LogP contribution in [0.5, 0.6) is 11.5 Å². The highest BCUT2D eigenvalue weighted by Gasteiger charge is 2.48. The third-order valence-electron chi connectivity index (χ3n) is 7.84. The third kappa shape index (κ3) is 4.47. The van der Waals surface area contributed by atoms with E-state index in [1.54, 1.807) is 11.8 Å². The lowest BCUT2D eigenvalue weighted by atomic mass is 10.0. The fraction of sp³-hybridized carbons (Fsp3) is 0.393. The van der Waals surface area contributed by atoms with Crippen molar-refractivity contribution in [3.05, 3.63) is 57.9 Å². The van der Waals surface area contributed by atoms with Gasteiger partial charge in [-0.3, -0.25) is 9.69 Å². The molecule has 222 valence electrons. The monoisotopic (exact) mass is 587 g/mol. The molecule has 14 heteroatoms. The van der Waals surface area contributed by atoms with Crippen molar-refractivity contribution in [1.82, 2.24) is 4.57 Å². The van der Waals surface area contributed by atoms with Gasteiger partial charge < -0.3 is 39.0 Å². The van der Waals surface area contributed by atoms with E-state index in [-0.39, 0.29) is 79.7 Å². The third-order valence-corrected chi connectivity index (χ3v) is 7.84. The number of hydrogen-bond acceptors (Lipinski definition) is 9. The first-order chi connectivity index (χ1) is 20.0. The number of halogens is 2. The maximum absolute atomic E-state index is 15.6. The lowest BCUT2D eigenvalue weighted by Crippen LogP contribution is -2.41. The Morgan fingerprint density at radius 3 is 2.67 bits per heavy atom. The number of aliphatic hydroxyl groups excluding tert-OH is 1. The van der Waals surface area contributed by atoms with Crippen molar-refractivity contribution in [2.24, 2.45) is 0 Å². The molecule has 1 aromatic heterocycles. The largest absolute Gasteiger partial charge is 0.487 e. The number of aromatic nitrogens is 1. The molecule has 2 fully saturated rings. The highest BCUT2D eigenvalue weighted by Crippen LogP contribution is 2.46. The standard InChI is InChI=1S/C28H27F2N3O9/c1-2-31-9-18(26(36)37)24(35)17-6-20(30)23-25(22(17)31)40-11-15-7-28(39,12-33(15)23)13-41-21-4-3-14(5-19(21)29)32-8-16(10-34)42-27(32)38/h3-6,9,15-16,34,39H,2,7-8,10-13H2,1H3,(H,36,37)/t15-,16+,28-/m0/s1. The molecular formula is C28H27F2N3O9. The molecule has 1 amide bonds. The van der Waals surface area contributed by atoms with E-state index in [4.69, 9.17) is 14.2 Å². The number of ether oxygens (including phenoxy) is 3. The van der Waals surface area contributed by atoms with Gasteiger partial charge in [0.05, 0.1) is 42.3 Å². The van der Waals surface area contributed by atoms with Gasteiger partial charge >= 0.3 is 12.1 Å². The first-order valence-electron chi connectivity index (χ1n) is 13.3. The molecule has 0 aliphatic carbocycles. The first-order valence-corrected chi connectivity index (χ1v) is 13.3. The number of anilines is 2. The molecule has 2 aromatic carbocycles. The molecule has 3 aliphatic heterocycles. The molecule has 0 bridgehead atoms. The van der Waals surface area contributed by atoms with Crippen LogP contribution >= 0.6 is 0 Å². The van der Waals surface area contributed by atoms with Gasteiger partial charge in [-0.05, 0) is 25.1 Å². The molecule has 0 radical (unpaired) electrons. The van der Waals surface area contributed by atoms with Crippen LogP contribution in [0.15, 0.2) is 35.3 Å². The summed E-state index contributed by atoms with van der Waals surface area (Å²) in [6, 6.07) is 4.40. The summed E-state index contributed by atoms with van der Waals surface area (Å²) < 4.78 is 48.5. The molecule has 6 rings (SSSR count). The Morgan fingerprint density at radius 2 is 2.00 bits per heavy atom. The second-order valence-electron chi connectivity index (χ2n) is 10.6. The van der Waals surface area contributed by atoms with E-state index in [1.165, 1.54) is 27.8 Å². The van der Waals surface area contributed by atoms with Crippen molar-refractivity contribution in [2.75, 3.05) is 42.7 Å². The summed E-state index contributed by atoms with van der Waals surface area (Å²) >= 11 is 0. The molecular weight excluding hydrogens is 560 g/mol. The second kappa shape index (κ2) is 10.1. The van der Waals surface area contributed by atoms with Gasteiger partial charge in [0.25, 0.3) is 0 Å². The fourth-order valence-electron chi connectivity index (χ4n) is 5.86. The maximum atomic E-state index is 15.6. The lowest BCUT2D eigenvalue weighted by Gasteiger charge is -2.34. The smallest absolute Gasteiger partial charge is 0.414 e. The summed E-state index contributed by atoms with van der Waals surface area (Å²) in [5.74, 6) is -3.10. The Bertz CT molecular complexity index is 1680. The van der Waals surface area contributed by atoms with Crippen molar-refractivity contribution in [3.63, 3.8) is 0 Å². The normalized spacial score (nSPS) is 23.0. The molecule has 12 nitrogen and oxygen atoms in total. The van der Waals surface area contributed by atoms with E-state index < -0.39 is 52.4 Å². The van der Waals surface area contributed by atoms with Gasteiger partial charge in [-0.15, -0.1) is 0 Å². The van der Waals surface area contributed by atoms with E-state index in [0.29, 0.717) is 0 Å². The average Bonchev–Trinajstić information content (AvgIpc) is 3.51. The quantitative estimate of drug-likeness (QED) is 0.375. The van der Waals surface area contributed by atoms with Gasteiger partial charge in [0.15, 0.2) is 23.1 Å². The van der Waals surface area contributed by atoms with Crippen molar-refractivity contribution in [1.29, 1.82) is 0 Å². The van der Waals surface area contributed by atoms with Crippen LogP contribution in [0.2, 0.25) is 0 Å². The Hall–Kier alpha value is -4.43. The summed E-state index contributed by atoms with van der Waals surface area (Å²) in [6.07, 6.45) is -0.101. The molecule has 0 spiro atoms. The number of carbonyl (C=O) groups excluding carboxylic acids is 1. The number of aromatic carboxylic acids is 1. The Morgan fingerprint density at radius 1 is 1.21 bits per heavy atom. The number of rotatable bonds is 7. The van der Waals surface area contributed by atoms with Crippen LogP contribution in [-0.4, -0.2) is 82.6 Å². The number of benzene rings is 2. The SMILES string of the molecule is CCn1cc(C(=O)O)c(=O)c2cc(F)c3c(c21)OC[C@@H]1C[C@@](O)(COc2ccc(N4C[C@H](CO)OC4=O)cc2F)CN31. The molecule has 0 unspecified atom stereocenters. The zero-order chi connectivity index (χ0) is 29.9. The zero-order valence-corrected chi connectivity index (χ0v) is 22.4. The van der Waals surface area contributed by atoms with Crippen LogP contribution in [0, 0.1) is 11.6 Å². The molecule has 42 heavy (non-hydrogen) atoms. The summed E-state index contributed by atoms with van der Waals surface area (Å²) in [4.78, 5) is 39.3. The van der Waals surface area contributed by atoms with Crippen LogP contribution in [0.4, 0.5) is 25.0 Å². The molecule has 0 saturated carbocycles. The number of pyridine rings is 1. The lowest BCUT2D eigenvalue weighted by molar-refractivity contribution is 0.00980. The van der Waals surface area contributed by atoms with Crippen LogP contribution in [-0.2, 0) is 11.3 Å². The number of aryl methyl sites for hydroxylation is 1. The Kier molecular flexibility index (Phi) is 6.69. The molecule has 3 aliphatic rings. The number of carboxylic acid groups (broad SMARTS) is 1. The first kappa shape index (κ1) is 27.7. The van der Waals surface area contributed by atoms with Gasteiger partial charge in [0, 0.05) is 25.2 Å². The van der Waals surface area contributed by atoms with Crippen LogP contribution in [0.3, 0.4) is 0 Å². The van der Waals surface area contributed by atoms with Crippen molar-refractivity contribution in [2.45, 2.75) is 37.6 Å². The van der Waals surface area contributed by atoms with Gasteiger partial charge in [-0.1, -0.05) is 0 Å². The summed E-state index contributed by atoms with van der Waals surface area (Å²) in [7, 11) is 0. The summed E-state index contributed by atoms with van der Waals surface area (Å²) in [5, 5.41) is 29.9. The number of carboxylic acids is 1. The van der Waals surface area contributed by atoms with Gasteiger partial charge in [0.1, 0.15) is 36.2 Å². The topological polar surface area (TPSA) is 151 Å². The number of amides is 1. The Labute approximate surface area is 236 Å². The minimum atomic E-state index is -1.52. The van der Waals surface area contributed by atoms with Crippen molar-refractivity contribution in [3.8, 4) is 11.5 Å². The number of hydrogen-bond donors (Lipinski definition) is 3. The van der Waals surface area contributed by atoms with Crippen molar-refractivity contribution < 1.29 is 47.9 Å². The van der Waals surface area contributed by atoms with E-state index in [0.717, 1.165) is 12.1 Å². The number of aliphatic hydroxyl groups is 2. The summed E-state index contributed by atoms with van der Waals surface area (Å²) in [5.41, 5.74) is -2.33. The predicted octanol–water partition coefficient (Wildman–Crippen LogP) is 2.10. The van der Waals surface area contributed by atoms with E-state index in [1.807, 2.05) is 0 Å². The maximum Gasteiger partial charge on any atom is 0.414 e. The minimum absolute atomic E-state index is 0.0357. The highest BCUT2D eigenvalue weighted by atomic mass is 19.1. The molecule has 2 saturated heterocycles. The number of carbonyl (C=O) groups is 2. The highest BCUT2D eigenvalue weighted by molar-refractivity contribution is 5.97. The number of fused-ring (bicyclic) bond motifs is 5. The van der Waals surface area contributed by atoms with Crippen LogP contribution < -0.4 is 24.7 Å². The molecule has 4 heterocycles. The molecule has 3 N–H and O–H groups in total. The zero-order valence-electron chi connectivity index (χ0n) is 22.4. The van der Waals surface area contributed by atoms with Crippen LogP contribution in [0.25, 0.3) is 10.9 Å². The second-order valence-corrected chi connectivity index (χ2v) is 10.6. The van der Waals surface area contributed by atoms with E-state index in [9.17, 15) is 34.1 Å². The van der Waals surface area contributed by atoms with E-state index >= 15 is 4.39 Å². The van der Waals surface area contributed by atoms with Gasteiger partial charge in [-0.2, -0.15) is 0 Å². The molecule has 3 atom stereocenters. The molecule has 3 aromatic rings. The summed E-state index contributed by atoms with van der Waals surface area (Å²) in [6.45, 7) is 1.37. The minimum Gasteiger partial charge on any atom is -0.487 e. The Balaban J connectivity index is 1.25. The predicted molar refractivity (Wildman–Crippen MR) is 144 cm³/mol. The number of cyclic esters (lactones) is 1. The van der Waals surface area contributed by atoms with Gasteiger partial charge in [0.2, 0.25) is 5.43 Å². The van der Waals surface area contributed by atoms with Gasteiger partial charge in [-0.25, -0.2) is 18.4 Å². The van der Waals surface area contributed by atoms with Crippen molar-refractivity contribution >= 4 is 34.3 Å². The number of nitrogens with zero attached hydrogens (tertiary/aromatic N) is 3. The fourth-order valence-corrected chi connectivity index (χ4v) is 5.86.